The predicted octanol–water partition coefficient (Wildman–Crippen LogP) is 3.67. The summed E-state index contributed by atoms with van der Waals surface area (Å²) in [5.74, 6) is -0.266. The van der Waals surface area contributed by atoms with Gasteiger partial charge < -0.3 is 5.32 Å². The van der Waals surface area contributed by atoms with E-state index in [0.717, 1.165) is 21.9 Å². The fraction of sp³-hybridized carbons (Fsp3) is 0.0952. The van der Waals surface area contributed by atoms with Gasteiger partial charge in [0.1, 0.15) is 11.5 Å². The standard InChI is InChI=1S/C21H16FN7OS/c1-13-25-26-27-29(13)19-9-15(7-8-17(19)22)23-20(30)10-16-12-31-21-24-18(11-28(16)21)14-5-3-2-4-6-14/h2-9,11-12H,10H2,1H3,(H,23,30). The molecule has 0 saturated carbocycles. The fourth-order valence-corrected chi connectivity index (χ4v) is 4.15. The first kappa shape index (κ1) is 19.1. The Bertz CT molecular complexity index is 1390. The van der Waals surface area contributed by atoms with Crippen molar-refractivity contribution in [2.24, 2.45) is 0 Å². The third-order valence-electron chi connectivity index (χ3n) is 4.78. The molecule has 10 heteroatoms. The molecular formula is C21H16FN7OS. The number of hydrogen-bond acceptors (Lipinski definition) is 6. The number of benzene rings is 2. The zero-order valence-electron chi connectivity index (χ0n) is 16.4. The molecule has 8 nitrogen and oxygen atoms in total. The van der Waals surface area contributed by atoms with E-state index >= 15 is 0 Å². The molecule has 5 aromatic rings. The minimum Gasteiger partial charge on any atom is -0.326 e. The second-order valence-electron chi connectivity index (χ2n) is 6.90. The molecule has 1 N–H and O–H groups in total. The van der Waals surface area contributed by atoms with Gasteiger partial charge in [-0.3, -0.25) is 9.20 Å². The number of imidazole rings is 1. The average molecular weight is 433 g/mol. The monoisotopic (exact) mass is 433 g/mol. The molecular weight excluding hydrogens is 417 g/mol. The number of tetrazole rings is 1. The Morgan fingerprint density at radius 1 is 1.19 bits per heavy atom. The van der Waals surface area contributed by atoms with Crippen molar-refractivity contribution in [2.45, 2.75) is 13.3 Å². The van der Waals surface area contributed by atoms with Gasteiger partial charge in [-0.25, -0.2) is 9.37 Å². The second kappa shape index (κ2) is 7.73. The van der Waals surface area contributed by atoms with Crippen LogP contribution < -0.4 is 5.32 Å². The Morgan fingerprint density at radius 2 is 2.03 bits per heavy atom. The lowest BCUT2D eigenvalue weighted by Crippen LogP contribution is -2.16. The molecule has 0 radical (unpaired) electrons. The number of aromatic nitrogens is 6. The van der Waals surface area contributed by atoms with E-state index in [2.05, 4.69) is 25.8 Å². The van der Waals surface area contributed by atoms with Crippen LogP contribution in [0.15, 0.2) is 60.1 Å². The summed E-state index contributed by atoms with van der Waals surface area (Å²) in [7, 11) is 0. The molecule has 0 unspecified atom stereocenters. The van der Waals surface area contributed by atoms with Crippen LogP contribution in [-0.4, -0.2) is 35.5 Å². The summed E-state index contributed by atoms with van der Waals surface area (Å²) in [6.07, 6.45) is 2.08. The van der Waals surface area contributed by atoms with Crippen molar-refractivity contribution < 1.29 is 9.18 Å². The van der Waals surface area contributed by atoms with Crippen LogP contribution in [0.1, 0.15) is 11.5 Å². The smallest absolute Gasteiger partial charge is 0.230 e. The number of amides is 1. The first-order valence-corrected chi connectivity index (χ1v) is 10.3. The summed E-state index contributed by atoms with van der Waals surface area (Å²) < 4.78 is 17.4. The van der Waals surface area contributed by atoms with Gasteiger partial charge in [-0.15, -0.1) is 16.4 Å². The van der Waals surface area contributed by atoms with Crippen molar-refractivity contribution in [2.75, 3.05) is 5.32 Å². The number of aryl methyl sites for hydroxylation is 1. The van der Waals surface area contributed by atoms with Crippen LogP contribution in [0.25, 0.3) is 21.9 Å². The molecule has 2 aromatic carbocycles. The number of fused-ring (bicyclic) bond motifs is 1. The Hall–Kier alpha value is -3.92. The van der Waals surface area contributed by atoms with Gasteiger partial charge in [0.15, 0.2) is 10.8 Å². The zero-order chi connectivity index (χ0) is 21.4. The summed E-state index contributed by atoms with van der Waals surface area (Å²) in [5, 5.41) is 15.8. The van der Waals surface area contributed by atoms with Crippen molar-refractivity contribution in [1.82, 2.24) is 29.6 Å². The van der Waals surface area contributed by atoms with E-state index in [9.17, 15) is 9.18 Å². The molecule has 1 amide bonds. The molecule has 31 heavy (non-hydrogen) atoms. The summed E-state index contributed by atoms with van der Waals surface area (Å²) in [5.41, 5.74) is 3.32. The zero-order valence-corrected chi connectivity index (χ0v) is 17.2. The quantitative estimate of drug-likeness (QED) is 0.457. The van der Waals surface area contributed by atoms with Crippen LogP contribution >= 0.6 is 11.3 Å². The van der Waals surface area contributed by atoms with Gasteiger partial charge in [0.25, 0.3) is 0 Å². The maximum absolute atomic E-state index is 14.2. The van der Waals surface area contributed by atoms with E-state index in [1.165, 1.54) is 34.2 Å². The van der Waals surface area contributed by atoms with Crippen LogP contribution in [0.4, 0.5) is 10.1 Å². The number of halogens is 1. The highest BCUT2D eigenvalue weighted by atomic mass is 32.1. The van der Waals surface area contributed by atoms with Gasteiger partial charge in [0.05, 0.1) is 12.1 Å². The molecule has 0 aliphatic rings. The Balaban J connectivity index is 1.36. The molecule has 0 saturated heterocycles. The summed E-state index contributed by atoms with van der Waals surface area (Å²) in [6.45, 7) is 1.67. The maximum atomic E-state index is 14.2. The molecule has 0 aliphatic carbocycles. The number of nitrogens with one attached hydrogen (secondary N) is 1. The van der Waals surface area contributed by atoms with Crippen molar-refractivity contribution in [1.29, 1.82) is 0 Å². The molecule has 5 rings (SSSR count). The average Bonchev–Trinajstić information content (AvgIpc) is 3.47. The van der Waals surface area contributed by atoms with Crippen molar-refractivity contribution >= 4 is 27.9 Å². The maximum Gasteiger partial charge on any atom is 0.230 e. The highest BCUT2D eigenvalue weighted by Gasteiger charge is 2.15. The van der Waals surface area contributed by atoms with E-state index in [0.29, 0.717) is 11.5 Å². The normalized spacial score (nSPS) is 11.2. The van der Waals surface area contributed by atoms with Gasteiger partial charge in [0.2, 0.25) is 5.91 Å². The van der Waals surface area contributed by atoms with Crippen LogP contribution in [0, 0.1) is 12.7 Å². The van der Waals surface area contributed by atoms with E-state index in [-0.39, 0.29) is 18.0 Å². The van der Waals surface area contributed by atoms with E-state index in [1.807, 2.05) is 46.3 Å². The van der Waals surface area contributed by atoms with Gasteiger partial charge in [-0.1, -0.05) is 30.3 Å². The van der Waals surface area contributed by atoms with Gasteiger partial charge >= 0.3 is 0 Å². The molecule has 0 atom stereocenters. The highest BCUT2D eigenvalue weighted by Crippen LogP contribution is 2.24. The molecule has 0 bridgehead atoms. The number of rotatable bonds is 5. The van der Waals surface area contributed by atoms with E-state index < -0.39 is 5.82 Å². The summed E-state index contributed by atoms with van der Waals surface area (Å²) in [6, 6.07) is 14.2. The Kier molecular flexibility index (Phi) is 4.75. The Labute approximate surface area is 180 Å². The van der Waals surface area contributed by atoms with E-state index in [1.54, 1.807) is 6.92 Å². The minimum absolute atomic E-state index is 0.154. The number of anilines is 1. The molecule has 0 spiro atoms. The second-order valence-corrected chi connectivity index (χ2v) is 7.74. The number of hydrogen-bond donors (Lipinski definition) is 1. The third-order valence-corrected chi connectivity index (χ3v) is 5.67. The largest absolute Gasteiger partial charge is 0.326 e. The van der Waals surface area contributed by atoms with Gasteiger partial charge in [0, 0.05) is 28.5 Å². The van der Waals surface area contributed by atoms with Crippen LogP contribution in [-0.2, 0) is 11.2 Å². The fourth-order valence-electron chi connectivity index (χ4n) is 3.28. The lowest BCUT2D eigenvalue weighted by molar-refractivity contribution is -0.115. The summed E-state index contributed by atoms with van der Waals surface area (Å²) in [4.78, 5) is 18.1. The van der Waals surface area contributed by atoms with Crippen LogP contribution in [0.2, 0.25) is 0 Å². The van der Waals surface area contributed by atoms with Crippen molar-refractivity contribution in [3.63, 3.8) is 0 Å². The number of nitrogens with zero attached hydrogens (tertiary/aromatic N) is 6. The van der Waals surface area contributed by atoms with Gasteiger partial charge in [-0.2, -0.15) is 4.68 Å². The molecule has 3 heterocycles. The molecule has 154 valence electrons. The lowest BCUT2D eigenvalue weighted by atomic mass is 10.2. The summed E-state index contributed by atoms with van der Waals surface area (Å²) >= 11 is 1.48. The number of carbonyl (C=O) groups is 1. The van der Waals surface area contributed by atoms with Crippen molar-refractivity contribution in [3.8, 4) is 16.9 Å². The lowest BCUT2D eigenvalue weighted by Gasteiger charge is -2.09. The molecule has 0 fully saturated rings. The Morgan fingerprint density at radius 3 is 2.81 bits per heavy atom. The van der Waals surface area contributed by atoms with E-state index in [4.69, 9.17) is 0 Å². The molecule has 3 aromatic heterocycles. The predicted molar refractivity (Wildman–Crippen MR) is 115 cm³/mol. The SMILES string of the molecule is Cc1nnnn1-c1cc(NC(=O)Cc2csc3nc(-c4ccccc4)cn23)ccc1F. The van der Waals surface area contributed by atoms with Crippen LogP contribution in [0.5, 0.6) is 0 Å². The third kappa shape index (κ3) is 3.68. The highest BCUT2D eigenvalue weighted by molar-refractivity contribution is 7.15. The van der Waals surface area contributed by atoms with Crippen molar-refractivity contribution in [3.05, 3.63) is 77.4 Å². The molecule has 0 aliphatic heterocycles. The van der Waals surface area contributed by atoms with Gasteiger partial charge in [-0.05, 0) is 35.5 Å². The van der Waals surface area contributed by atoms with Crippen LogP contribution in [0.3, 0.4) is 0 Å². The topological polar surface area (TPSA) is 90.0 Å². The minimum atomic E-state index is -0.486. The first-order chi connectivity index (χ1) is 15.1. The first-order valence-electron chi connectivity index (χ1n) is 9.44. The number of carbonyl (C=O) groups excluding carboxylic acids is 1. The number of thiazole rings is 1.